The fourth-order valence-electron chi connectivity index (χ4n) is 2.04. The van der Waals surface area contributed by atoms with E-state index in [9.17, 15) is 4.79 Å². The maximum Gasteiger partial charge on any atom is 0.292 e. The summed E-state index contributed by atoms with van der Waals surface area (Å²) in [4.78, 5) is 13.9. The molecule has 2 aromatic heterocycles. The molecule has 0 aliphatic carbocycles. The van der Waals surface area contributed by atoms with Crippen LogP contribution in [0.2, 0.25) is 0 Å². The zero-order valence-electron chi connectivity index (χ0n) is 13.4. The number of nitrogens with zero attached hydrogens (tertiary/aromatic N) is 3. The SMILES string of the molecule is CN(C)c1ccc(Nc2ccc(NC(=O)c3ccco3)nn2)cc1. The maximum absolute atomic E-state index is 11.8. The third-order valence-electron chi connectivity index (χ3n) is 3.31. The van der Waals surface area contributed by atoms with E-state index < -0.39 is 0 Å². The minimum Gasteiger partial charge on any atom is -0.459 e. The summed E-state index contributed by atoms with van der Waals surface area (Å²) < 4.78 is 5.02. The number of furan rings is 1. The summed E-state index contributed by atoms with van der Waals surface area (Å²) in [6.45, 7) is 0. The Kier molecular flexibility index (Phi) is 4.42. The smallest absolute Gasteiger partial charge is 0.292 e. The van der Waals surface area contributed by atoms with Crippen LogP contribution in [-0.4, -0.2) is 30.2 Å². The molecule has 0 aliphatic rings. The predicted molar refractivity (Wildman–Crippen MR) is 92.7 cm³/mol. The second-order valence-corrected chi connectivity index (χ2v) is 5.30. The van der Waals surface area contributed by atoms with E-state index in [1.54, 1.807) is 24.3 Å². The number of hydrogen-bond donors (Lipinski definition) is 2. The van der Waals surface area contributed by atoms with E-state index in [0.717, 1.165) is 11.4 Å². The van der Waals surface area contributed by atoms with Crippen LogP contribution in [0.15, 0.2) is 59.2 Å². The lowest BCUT2D eigenvalue weighted by Gasteiger charge is -2.13. The van der Waals surface area contributed by atoms with Gasteiger partial charge in [0.2, 0.25) is 0 Å². The van der Waals surface area contributed by atoms with Gasteiger partial charge < -0.3 is 20.0 Å². The van der Waals surface area contributed by atoms with Crippen molar-refractivity contribution in [1.29, 1.82) is 0 Å². The average Bonchev–Trinajstić information content (AvgIpc) is 3.12. The average molecular weight is 323 g/mol. The van der Waals surface area contributed by atoms with Crippen LogP contribution in [0.5, 0.6) is 0 Å². The van der Waals surface area contributed by atoms with Gasteiger partial charge in [-0.1, -0.05) is 0 Å². The molecule has 7 heteroatoms. The Balaban J connectivity index is 1.63. The molecule has 24 heavy (non-hydrogen) atoms. The zero-order valence-corrected chi connectivity index (χ0v) is 13.4. The molecule has 0 bridgehead atoms. The quantitative estimate of drug-likeness (QED) is 0.750. The first-order valence-electron chi connectivity index (χ1n) is 7.35. The monoisotopic (exact) mass is 323 g/mol. The van der Waals surface area contributed by atoms with Crippen molar-refractivity contribution in [3.8, 4) is 0 Å². The first-order valence-corrected chi connectivity index (χ1v) is 7.35. The molecule has 1 amide bonds. The maximum atomic E-state index is 11.8. The lowest BCUT2D eigenvalue weighted by Crippen LogP contribution is -2.12. The van der Waals surface area contributed by atoms with E-state index in [2.05, 4.69) is 20.8 Å². The Hall–Kier alpha value is -3.35. The largest absolute Gasteiger partial charge is 0.459 e. The molecule has 0 radical (unpaired) electrons. The van der Waals surface area contributed by atoms with Crippen LogP contribution in [0, 0.1) is 0 Å². The number of carbonyl (C=O) groups excluding carboxylic acids is 1. The molecule has 2 N–H and O–H groups in total. The van der Waals surface area contributed by atoms with Crippen molar-refractivity contribution < 1.29 is 9.21 Å². The molecule has 7 nitrogen and oxygen atoms in total. The highest BCUT2D eigenvalue weighted by molar-refractivity contribution is 6.01. The van der Waals surface area contributed by atoms with Gasteiger partial charge in [0.05, 0.1) is 6.26 Å². The number of amides is 1. The molecule has 0 spiro atoms. The predicted octanol–water partition coefficient (Wildman–Crippen LogP) is 3.13. The minimum absolute atomic E-state index is 0.222. The second kappa shape index (κ2) is 6.82. The van der Waals surface area contributed by atoms with E-state index in [1.807, 2.05) is 43.3 Å². The van der Waals surface area contributed by atoms with Crippen molar-refractivity contribution in [3.05, 3.63) is 60.6 Å². The summed E-state index contributed by atoms with van der Waals surface area (Å²) in [6, 6.07) is 14.6. The highest BCUT2D eigenvalue weighted by atomic mass is 16.3. The van der Waals surface area contributed by atoms with E-state index >= 15 is 0 Å². The third kappa shape index (κ3) is 3.70. The van der Waals surface area contributed by atoms with Crippen LogP contribution in [0.3, 0.4) is 0 Å². The lowest BCUT2D eigenvalue weighted by molar-refractivity contribution is 0.0996. The number of carbonyl (C=O) groups is 1. The molecule has 3 aromatic rings. The van der Waals surface area contributed by atoms with Gasteiger partial charge in [0.25, 0.3) is 5.91 Å². The van der Waals surface area contributed by atoms with Gasteiger partial charge in [-0.3, -0.25) is 4.79 Å². The number of anilines is 4. The normalized spacial score (nSPS) is 10.2. The van der Waals surface area contributed by atoms with Gasteiger partial charge in [-0.2, -0.15) is 0 Å². The summed E-state index contributed by atoms with van der Waals surface area (Å²) >= 11 is 0. The molecule has 0 saturated heterocycles. The van der Waals surface area contributed by atoms with Gasteiger partial charge in [0.1, 0.15) is 0 Å². The molecular formula is C17H17N5O2. The van der Waals surface area contributed by atoms with Gasteiger partial charge >= 0.3 is 0 Å². The highest BCUT2D eigenvalue weighted by Crippen LogP contribution is 2.19. The molecule has 0 aliphatic heterocycles. The van der Waals surface area contributed by atoms with Crippen molar-refractivity contribution in [1.82, 2.24) is 10.2 Å². The van der Waals surface area contributed by atoms with E-state index in [-0.39, 0.29) is 11.7 Å². The van der Waals surface area contributed by atoms with Gasteiger partial charge in [0, 0.05) is 25.5 Å². The number of aromatic nitrogens is 2. The number of nitrogens with one attached hydrogen (secondary N) is 2. The zero-order chi connectivity index (χ0) is 16.9. The molecule has 122 valence electrons. The topological polar surface area (TPSA) is 83.3 Å². The number of hydrogen-bond acceptors (Lipinski definition) is 6. The van der Waals surface area contributed by atoms with Gasteiger partial charge in [-0.25, -0.2) is 0 Å². The van der Waals surface area contributed by atoms with Crippen LogP contribution in [0.1, 0.15) is 10.6 Å². The van der Waals surface area contributed by atoms with Gasteiger partial charge in [0.15, 0.2) is 17.4 Å². The fraction of sp³-hybridized carbons (Fsp3) is 0.118. The second-order valence-electron chi connectivity index (χ2n) is 5.30. The molecule has 0 atom stereocenters. The van der Waals surface area contributed by atoms with Gasteiger partial charge in [-0.05, 0) is 48.5 Å². The molecule has 3 rings (SSSR count). The Morgan fingerprint density at radius 1 is 1.00 bits per heavy atom. The van der Waals surface area contributed by atoms with Crippen LogP contribution < -0.4 is 15.5 Å². The molecular weight excluding hydrogens is 306 g/mol. The van der Waals surface area contributed by atoms with Crippen molar-refractivity contribution >= 4 is 28.9 Å². The molecule has 0 unspecified atom stereocenters. The number of rotatable bonds is 5. The van der Waals surface area contributed by atoms with Crippen LogP contribution in [0.25, 0.3) is 0 Å². The first kappa shape index (κ1) is 15.5. The standard InChI is InChI=1S/C17H17N5O2/c1-22(2)13-7-5-12(6-8-13)18-15-9-10-16(21-20-15)19-17(23)14-4-3-11-24-14/h3-11H,1-2H3,(H,18,20)(H,19,21,23). The molecule has 0 fully saturated rings. The minimum atomic E-state index is -0.366. The Labute approximate surface area is 139 Å². The van der Waals surface area contributed by atoms with E-state index in [1.165, 1.54) is 6.26 Å². The summed E-state index contributed by atoms with van der Waals surface area (Å²) in [5, 5.41) is 13.8. The van der Waals surface area contributed by atoms with Crippen molar-refractivity contribution in [2.45, 2.75) is 0 Å². The molecule has 1 aromatic carbocycles. The summed E-state index contributed by atoms with van der Waals surface area (Å²) in [5.41, 5.74) is 2.02. The Morgan fingerprint density at radius 3 is 2.29 bits per heavy atom. The Morgan fingerprint density at radius 2 is 1.71 bits per heavy atom. The van der Waals surface area contributed by atoms with Gasteiger partial charge in [-0.15, -0.1) is 10.2 Å². The van der Waals surface area contributed by atoms with E-state index in [4.69, 9.17) is 4.42 Å². The fourth-order valence-corrected chi connectivity index (χ4v) is 2.04. The van der Waals surface area contributed by atoms with Crippen LogP contribution in [-0.2, 0) is 0 Å². The van der Waals surface area contributed by atoms with Crippen molar-refractivity contribution in [2.75, 3.05) is 29.6 Å². The summed E-state index contributed by atoms with van der Waals surface area (Å²) in [7, 11) is 3.98. The van der Waals surface area contributed by atoms with Crippen molar-refractivity contribution in [3.63, 3.8) is 0 Å². The molecule has 2 heterocycles. The third-order valence-corrected chi connectivity index (χ3v) is 3.31. The number of benzene rings is 1. The highest BCUT2D eigenvalue weighted by Gasteiger charge is 2.09. The lowest BCUT2D eigenvalue weighted by atomic mass is 10.2. The first-order chi connectivity index (χ1) is 11.6. The van der Waals surface area contributed by atoms with Crippen molar-refractivity contribution in [2.24, 2.45) is 0 Å². The van der Waals surface area contributed by atoms with E-state index in [0.29, 0.717) is 11.6 Å². The van der Waals surface area contributed by atoms with Crippen LogP contribution >= 0.6 is 0 Å². The summed E-state index contributed by atoms with van der Waals surface area (Å²) in [5.74, 6) is 0.794. The Bertz CT molecular complexity index is 796. The molecule has 0 saturated carbocycles. The van der Waals surface area contributed by atoms with Crippen LogP contribution in [0.4, 0.5) is 23.0 Å². The summed E-state index contributed by atoms with van der Waals surface area (Å²) in [6.07, 6.45) is 1.44.